The van der Waals surface area contributed by atoms with Gasteiger partial charge < -0.3 is 4.90 Å². The van der Waals surface area contributed by atoms with Gasteiger partial charge in [-0.15, -0.1) is 0 Å². The lowest BCUT2D eigenvalue weighted by Crippen LogP contribution is -2.14. The molecule has 0 atom stereocenters. The van der Waals surface area contributed by atoms with Gasteiger partial charge in [-0.05, 0) is 68.5 Å². The molecule has 5 aromatic rings. The van der Waals surface area contributed by atoms with E-state index in [2.05, 4.69) is 80.7 Å². The normalized spacial score (nSPS) is 11.1. The molecular weight excluding hydrogens is 394 g/mol. The van der Waals surface area contributed by atoms with Crippen LogP contribution in [0.15, 0.2) is 79.5 Å². The Balaban J connectivity index is 1.56. The monoisotopic (exact) mass is 417 g/mol. The summed E-state index contributed by atoms with van der Waals surface area (Å²) in [6.07, 6.45) is 8.25. The van der Waals surface area contributed by atoms with E-state index < -0.39 is 0 Å². The largest absolute Gasteiger partial charge is 0.309 e. The molecule has 0 bridgehead atoms. The lowest BCUT2D eigenvalue weighted by Gasteiger charge is -2.11. The van der Waals surface area contributed by atoms with Crippen molar-refractivity contribution in [3.8, 4) is 17.5 Å². The van der Waals surface area contributed by atoms with Gasteiger partial charge in [-0.25, -0.2) is 4.98 Å². The van der Waals surface area contributed by atoms with Gasteiger partial charge in [0, 0.05) is 41.1 Å². The molecule has 0 fully saturated rings. The first-order valence-corrected chi connectivity index (χ1v) is 10.6. The molecule has 0 spiro atoms. The van der Waals surface area contributed by atoms with Crippen molar-refractivity contribution < 1.29 is 0 Å². The standard InChI is InChI=1S/C27H23N5/c1-31(2)15-13-20-7-10-23(11-8-20)32-19-30-26-18-29-25-12-9-21(16-24(25)27(26)32)5-6-22-4-3-14-28-17-22/h3-4,7-12,14,16-19H,13,15H2,1-2H3. The van der Waals surface area contributed by atoms with Crippen molar-refractivity contribution in [3.63, 3.8) is 0 Å². The second-order valence-electron chi connectivity index (χ2n) is 8.05. The molecule has 5 heteroatoms. The average molecular weight is 418 g/mol. The van der Waals surface area contributed by atoms with Gasteiger partial charge in [-0.3, -0.25) is 14.5 Å². The molecule has 3 heterocycles. The number of aromatic nitrogens is 4. The van der Waals surface area contributed by atoms with Crippen molar-refractivity contribution >= 4 is 21.9 Å². The molecule has 5 rings (SSSR count). The van der Waals surface area contributed by atoms with E-state index in [1.807, 2.05) is 36.8 Å². The average Bonchev–Trinajstić information content (AvgIpc) is 3.27. The third-order valence-electron chi connectivity index (χ3n) is 5.45. The van der Waals surface area contributed by atoms with Crippen LogP contribution in [0.3, 0.4) is 0 Å². The smallest absolute Gasteiger partial charge is 0.108 e. The highest BCUT2D eigenvalue weighted by atomic mass is 15.1. The number of likely N-dealkylation sites (N-methyl/N-ethyl adjacent to an activating group) is 1. The molecular formula is C27H23N5. The molecule has 0 aliphatic carbocycles. The van der Waals surface area contributed by atoms with Crippen LogP contribution < -0.4 is 0 Å². The van der Waals surface area contributed by atoms with E-state index >= 15 is 0 Å². The van der Waals surface area contributed by atoms with Crippen LogP contribution in [0.1, 0.15) is 16.7 Å². The lowest BCUT2D eigenvalue weighted by molar-refractivity contribution is 0.413. The summed E-state index contributed by atoms with van der Waals surface area (Å²) < 4.78 is 2.13. The number of imidazole rings is 1. The van der Waals surface area contributed by atoms with E-state index in [1.165, 1.54) is 5.56 Å². The van der Waals surface area contributed by atoms with Crippen LogP contribution in [0.4, 0.5) is 0 Å². The minimum absolute atomic E-state index is 0.867. The van der Waals surface area contributed by atoms with Gasteiger partial charge >= 0.3 is 0 Å². The van der Waals surface area contributed by atoms with Crippen LogP contribution in [-0.2, 0) is 6.42 Å². The summed E-state index contributed by atoms with van der Waals surface area (Å²) in [6.45, 7) is 1.03. The number of nitrogens with zero attached hydrogens (tertiary/aromatic N) is 5. The van der Waals surface area contributed by atoms with Crippen LogP contribution in [-0.4, -0.2) is 45.1 Å². The predicted octanol–water partition coefficient (Wildman–Crippen LogP) is 4.47. The van der Waals surface area contributed by atoms with E-state index in [1.54, 1.807) is 12.4 Å². The van der Waals surface area contributed by atoms with E-state index in [4.69, 9.17) is 0 Å². The molecule has 0 aliphatic rings. The summed E-state index contributed by atoms with van der Waals surface area (Å²) in [7, 11) is 4.20. The first-order valence-electron chi connectivity index (χ1n) is 10.6. The quantitative estimate of drug-likeness (QED) is 0.405. The van der Waals surface area contributed by atoms with Crippen molar-refractivity contribution in [1.82, 2.24) is 24.4 Å². The molecule has 0 unspecified atom stereocenters. The highest BCUT2D eigenvalue weighted by molar-refractivity contribution is 6.03. The lowest BCUT2D eigenvalue weighted by atomic mass is 10.1. The van der Waals surface area contributed by atoms with Gasteiger partial charge in [0.1, 0.15) is 11.8 Å². The minimum atomic E-state index is 0.867. The number of benzene rings is 2. The number of hydrogen-bond donors (Lipinski definition) is 0. The molecule has 5 nitrogen and oxygen atoms in total. The third kappa shape index (κ3) is 4.09. The van der Waals surface area contributed by atoms with Gasteiger partial charge in [-0.1, -0.05) is 24.0 Å². The molecule has 156 valence electrons. The third-order valence-corrected chi connectivity index (χ3v) is 5.45. The zero-order chi connectivity index (χ0) is 21.9. The van der Waals surface area contributed by atoms with Crippen molar-refractivity contribution in [2.75, 3.05) is 20.6 Å². The van der Waals surface area contributed by atoms with Crippen molar-refractivity contribution in [2.24, 2.45) is 0 Å². The molecule has 0 amide bonds. The molecule has 0 N–H and O–H groups in total. The van der Waals surface area contributed by atoms with Gasteiger partial charge in [0.2, 0.25) is 0 Å². The SMILES string of the molecule is CN(C)CCc1ccc(-n2cnc3cnc4ccc(C#Cc5cccnc5)cc4c32)cc1. The summed E-state index contributed by atoms with van der Waals surface area (Å²) in [4.78, 5) is 15.5. The zero-order valence-electron chi connectivity index (χ0n) is 18.2. The molecule has 2 aromatic carbocycles. The number of rotatable bonds is 4. The highest BCUT2D eigenvalue weighted by Crippen LogP contribution is 2.26. The Kier molecular flexibility index (Phi) is 5.37. The maximum Gasteiger partial charge on any atom is 0.108 e. The number of fused-ring (bicyclic) bond motifs is 3. The molecule has 3 aromatic heterocycles. The van der Waals surface area contributed by atoms with Crippen molar-refractivity contribution in [2.45, 2.75) is 6.42 Å². The van der Waals surface area contributed by atoms with Crippen molar-refractivity contribution in [3.05, 3.63) is 96.2 Å². The van der Waals surface area contributed by atoms with Gasteiger partial charge in [-0.2, -0.15) is 0 Å². The minimum Gasteiger partial charge on any atom is -0.309 e. The van der Waals surface area contributed by atoms with Gasteiger partial charge in [0.25, 0.3) is 0 Å². The second kappa shape index (κ2) is 8.62. The molecule has 0 saturated heterocycles. The maximum absolute atomic E-state index is 4.60. The Hall–Kier alpha value is -4.01. The summed E-state index contributed by atoms with van der Waals surface area (Å²) >= 11 is 0. The topological polar surface area (TPSA) is 46.8 Å². The Bertz CT molecular complexity index is 1440. The van der Waals surface area contributed by atoms with Gasteiger partial charge in [0.15, 0.2) is 0 Å². The van der Waals surface area contributed by atoms with E-state index in [0.29, 0.717) is 0 Å². The fourth-order valence-electron chi connectivity index (χ4n) is 3.72. The molecule has 0 aliphatic heterocycles. The van der Waals surface area contributed by atoms with Gasteiger partial charge in [0.05, 0.1) is 17.2 Å². The first-order chi connectivity index (χ1) is 15.7. The van der Waals surface area contributed by atoms with E-state index in [0.717, 1.165) is 51.7 Å². The zero-order valence-corrected chi connectivity index (χ0v) is 18.2. The molecule has 0 radical (unpaired) electrons. The summed E-state index contributed by atoms with van der Waals surface area (Å²) in [6, 6.07) is 18.7. The fourth-order valence-corrected chi connectivity index (χ4v) is 3.72. The molecule has 0 saturated carbocycles. The van der Waals surface area contributed by atoms with Crippen LogP contribution in [0.5, 0.6) is 0 Å². The fraction of sp³-hybridized carbons (Fsp3) is 0.148. The number of hydrogen-bond acceptors (Lipinski definition) is 4. The Labute approximate surface area is 187 Å². The molecule has 32 heavy (non-hydrogen) atoms. The van der Waals surface area contributed by atoms with E-state index in [9.17, 15) is 0 Å². The van der Waals surface area contributed by atoms with Crippen LogP contribution >= 0.6 is 0 Å². The highest BCUT2D eigenvalue weighted by Gasteiger charge is 2.10. The van der Waals surface area contributed by atoms with Crippen LogP contribution in [0.2, 0.25) is 0 Å². The van der Waals surface area contributed by atoms with Crippen molar-refractivity contribution in [1.29, 1.82) is 0 Å². The number of pyridine rings is 2. The summed E-state index contributed by atoms with van der Waals surface area (Å²) in [5.74, 6) is 6.43. The maximum atomic E-state index is 4.60. The van der Waals surface area contributed by atoms with Crippen LogP contribution in [0.25, 0.3) is 27.6 Å². The summed E-state index contributed by atoms with van der Waals surface area (Å²) in [5, 5.41) is 1.04. The van der Waals surface area contributed by atoms with E-state index in [-0.39, 0.29) is 0 Å². The Morgan fingerprint density at radius 2 is 1.72 bits per heavy atom. The second-order valence-corrected chi connectivity index (χ2v) is 8.05. The van der Waals surface area contributed by atoms with Crippen LogP contribution in [0, 0.1) is 11.8 Å². The Morgan fingerprint density at radius 3 is 2.50 bits per heavy atom. The Morgan fingerprint density at radius 1 is 0.875 bits per heavy atom. The predicted molar refractivity (Wildman–Crippen MR) is 129 cm³/mol. The first kappa shape index (κ1) is 19.9. The summed E-state index contributed by atoms with van der Waals surface area (Å²) in [5.41, 5.74) is 7.07.